The molecule has 3 atom stereocenters. The van der Waals surface area contributed by atoms with Gasteiger partial charge < -0.3 is 19.3 Å². The first-order valence-electron chi connectivity index (χ1n) is 10.4. The topological polar surface area (TPSA) is 77.9 Å². The summed E-state index contributed by atoms with van der Waals surface area (Å²) in [7, 11) is 0. The van der Waals surface area contributed by atoms with Gasteiger partial charge in [0.1, 0.15) is 5.75 Å². The van der Waals surface area contributed by atoms with E-state index in [2.05, 4.69) is 4.98 Å². The molecule has 6 nitrogen and oxygen atoms in total. The molecule has 0 spiro atoms. The van der Waals surface area contributed by atoms with Crippen LogP contribution in [-0.4, -0.2) is 34.6 Å². The lowest BCUT2D eigenvalue weighted by Gasteiger charge is -2.42. The molecule has 3 unspecified atom stereocenters. The van der Waals surface area contributed by atoms with Crippen LogP contribution in [0.5, 0.6) is 5.75 Å². The van der Waals surface area contributed by atoms with Crippen molar-refractivity contribution in [3.63, 3.8) is 0 Å². The first-order valence-corrected chi connectivity index (χ1v) is 10.4. The van der Waals surface area contributed by atoms with E-state index >= 15 is 0 Å². The highest BCUT2D eigenvalue weighted by molar-refractivity contribution is 5.66. The Kier molecular flexibility index (Phi) is 7.93. The molecule has 2 heterocycles. The van der Waals surface area contributed by atoms with Crippen molar-refractivity contribution in [2.24, 2.45) is 5.92 Å². The van der Waals surface area contributed by atoms with Gasteiger partial charge in [0.05, 0.1) is 12.7 Å². The number of aromatic nitrogens is 1. The number of carboxylic acids is 1. The lowest BCUT2D eigenvalue weighted by molar-refractivity contribution is -0.288. The Labute approximate surface area is 185 Å². The van der Waals surface area contributed by atoms with Crippen LogP contribution < -0.4 is 4.74 Å². The van der Waals surface area contributed by atoms with Crippen LogP contribution in [0.25, 0.3) is 0 Å². The quantitative estimate of drug-likeness (QED) is 0.542. The van der Waals surface area contributed by atoms with Crippen molar-refractivity contribution in [3.8, 4) is 5.75 Å². The van der Waals surface area contributed by atoms with E-state index in [0.717, 1.165) is 17.7 Å². The number of carboxylic acid groups (broad SMARTS) is 1. The zero-order chi connectivity index (χ0) is 23.1. The van der Waals surface area contributed by atoms with Gasteiger partial charge in [-0.1, -0.05) is 18.2 Å². The monoisotopic (exact) mass is 447 g/mol. The summed E-state index contributed by atoms with van der Waals surface area (Å²) in [6, 6.07) is 7.10. The number of halogens is 2. The van der Waals surface area contributed by atoms with E-state index in [9.17, 15) is 13.6 Å². The molecule has 3 rings (SSSR count). The van der Waals surface area contributed by atoms with Crippen molar-refractivity contribution in [2.75, 3.05) is 6.61 Å². The van der Waals surface area contributed by atoms with Gasteiger partial charge in [0.25, 0.3) is 0 Å². The molecule has 2 aromatic rings. The minimum atomic E-state index is -0.994. The number of hydrogen-bond acceptors (Lipinski definition) is 5. The number of carbonyl (C=O) groups is 1. The molecule has 1 aliphatic rings. The molecule has 1 saturated heterocycles. The minimum absolute atomic E-state index is 0.0180. The van der Waals surface area contributed by atoms with E-state index in [0.29, 0.717) is 19.4 Å². The third-order valence-electron chi connectivity index (χ3n) is 5.14. The molecule has 1 aromatic carbocycles. The number of rotatable bonds is 9. The fourth-order valence-corrected chi connectivity index (χ4v) is 3.52. The van der Waals surface area contributed by atoms with Gasteiger partial charge in [-0.3, -0.25) is 9.78 Å². The number of aliphatic carboxylic acids is 1. The van der Waals surface area contributed by atoms with Crippen molar-refractivity contribution in [1.82, 2.24) is 4.98 Å². The van der Waals surface area contributed by atoms with Gasteiger partial charge in [-0.15, -0.1) is 0 Å². The van der Waals surface area contributed by atoms with Gasteiger partial charge in [-0.05, 0) is 50.5 Å². The number of benzene rings is 1. The van der Waals surface area contributed by atoms with Gasteiger partial charge in [0, 0.05) is 30.8 Å². The highest BCUT2D eigenvalue weighted by Gasteiger charge is 2.42. The second-order valence-corrected chi connectivity index (χ2v) is 8.19. The van der Waals surface area contributed by atoms with Crippen LogP contribution in [-0.2, 0) is 14.3 Å². The summed E-state index contributed by atoms with van der Waals surface area (Å²) < 4.78 is 45.0. The molecule has 1 aromatic heterocycles. The number of allylic oxidation sites excluding steroid dienone is 2. The summed E-state index contributed by atoms with van der Waals surface area (Å²) in [4.78, 5) is 14.8. The average molecular weight is 447 g/mol. The van der Waals surface area contributed by atoms with Crippen LogP contribution in [0.4, 0.5) is 8.78 Å². The molecule has 172 valence electrons. The Balaban J connectivity index is 1.72. The Morgan fingerprint density at radius 3 is 2.78 bits per heavy atom. The largest absolute Gasteiger partial charge is 0.482 e. The van der Waals surface area contributed by atoms with Gasteiger partial charge >= 0.3 is 5.97 Å². The second-order valence-electron chi connectivity index (χ2n) is 8.19. The summed E-state index contributed by atoms with van der Waals surface area (Å²) in [5, 5.41) is 8.76. The zero-order valence-electron chi connectivity index (χ0n) is 18.0. The van der Waals surface area contributed by atoms with Crippen molar-refractivity contribution >= 4 is 5.97 Å². The highest BCUT2D eigenvalue weighted by atomic mass is 19.2. The van der Waals surface area contributed by atoms with Crippen molar-refractivity contribution < 1.29 is 32.9 Å². The first-order chi connectivity index (χ1) is 15.3. The Morgan fingerprint density at radius 1 is 1.28 bits per heavy atom. The molecular weight excluding hydrogens is 420 g/mol. The molecule has 0 bridgehead atoms. The van der Waals surface area contributed by atoms with Gasteiger partial charge in [-0.2, -0.15) is 0 Å². The Hall–Kier alpha value is -2.84. The van der Waals surface area contributed by atoms with E-state index in [1.165, 1.54) is 6.07 Å². The van der Waals surface area contributed by atoms with E-state index < -0.39 is 29.5 Å². The summed E-state index contributed by atoms with van der Waals surface area (Å²) in [5.74, 6) is -2.63. The molecule has 0 amide bonds. The fourth-order valence-electron chi connectivity index (χ4n) is 3.52. The Bertz CT molecular complexity index is 935. The average Bonchev–Trinajstić information content (AvgIpc) is 2.76. The van der Waals surface area contributed by atoms with Gasteiger partial charge in [0.15, 0.2) is 23.5 Å². The molecule has 1 aliphatic heterocycles. The number of pyridine rings is 1. The van der Waals surface area contributed by atoms with Gasteiger partial charge in [-0.25, -0.2) is 8.78 Å². The number of hydrogen-bond donors (Lipinski definition) is 1. The molecule has 0 radical (unpaired) electrons. The lowest BCUT2D eigenvalue weighted by atomic mass is 9.92. The van der Waals surface area contributed by atoms with Crippen molar-refractivity contribution in [2.45, 2.75) is 51.1 Å². The summed E-state index contributed by atoms with van der Waals surface area (Å²) in [6.07, 6.45) is 7.26. The third kappa shape index (κ3) is 6.34. The predicted molar refractivity (Wildman–Crippen MR) is 113 cm³/mol. The molecule has 8 heteroatoms. The predicted octanol–water partition coefficient (Wildman–Crippen LogP) is 5.06. The van der Waals surface area contributed by atoms with E-state index in [4.69, 9.17) is 19.3 Å². The van der Waals surface area contributed by atoms with Crippen LogP contribution in [0.15, 0.2) is 54.9 Å². The van der Waals surface area contributed by atoms with Crippen LogP contribution >= 0.6 is 0 Å². The number of nitrogens with zero attached hydrogens (tertiary/aromatic N) is 1. The standard InChI is InChI=1S/C24H27F2NO5/c1-24(2,32-18-10-11-19(25)20(26)13-18)23-30-15-17(7-4-3-5-9-21(28)29)22(31-23)16-8-6-12-27-14-16/h3-4,6,8,10-14,17,22-23H,5,7,9,15H2,1-2H3,(H,28,29)/b4-3-. The van der Waals surface area contributed by atoms with E-state index in [1.807, 2.05) is 24.3 Å². The maximum Gasteiger partial charge on any atom is 0.303 e. The maximum atomic E-state index is 13.6. The summed E-state index contributed by atoms with van der Waals surface area (Å²) >= 11 is 0. The van der Waals surface area contributed by atoms with Crippen molar-refractivity contribution in [1.29, 1.82) is 0 Å². The summed E-state index contributed by atoms with van der Waals surface area (Å²) in [6.45, 7) is 3.88. The SMILES string of the molecule is CC(C)(Oc1ccc(F)c(F)c1)C1OCC(C/C=C\CCC(=O)O)C(c2cccnc2)O1. The molecule has 0 aliphatic carbocycles. The van der Waals surface area contributed by atoms with E-state index in [1.54, 1.807) is 26.2 Å². The molecule has 1 N–H and O–H groups in total. The highest BCUT2D eigenvalue weighted by Crippen LogP contribution is 2.38. The molecule has 32 heavy (non-hydrogen) atoms. The van der Waals surface area contributed by atoms with Crippen LogP contribution in [0.3, 0.4) is 0 Å². The number of ether oxygens (including phenoxy) is 3. The van der Waals surface area contributed by atoms with Gasteiger partial charge in [0.2, 0.25) is 0 Å². The second kappa shape index (κ2) is 10.7. The van der Waals surface area contributed by atoms with Crippen LogP contribution in [0.2, 0.25) is 0 Å². The molecule has 1 fully saturated rings. The zero-order valence-corrected chi connectivity index (χ0v) is 18.0. The summed E-state index contributed by atoms with van der Waals surface area (Å²) in [5.41, 5.74) is -0.110. The minimum Gasteiger partial charge on any atom is -0.482 e. The smallest absolute Gasteiger partial charge is 0.303 e. The lowest BCUT2D eigenvalue weighted by Crippen LogP contribution is -2.50. The van der Waals surface area contributed by atoms with Crippen LogP contribution in [0.1, 0.15) is 44.8 Å². The molecular formula is C24H27F2NO5. The Morgan fingerprint density at radius 2 is 2.09 bits per heavy atom. The van der Waals surface area contributed by atoms with E-state index in [-0.39, 0.29) is 24.2 Å². The maximum absolute atomic E-state index is 13.6. The molecule has 0 saturated carbocycles. The third-order valence-corrected chi connectivity index (χ3v) is 5.14. The first kappa shape index (κ1) is 23.8. The fraction of sp³-hybridized carbons (Fsp3) is 0.417. The normalized spacial score (nSPS) is 21.6. The van der Waals surface area contributed by atoms with Crippen molar-refractivity contribution in [3.05, 3.63) is 72.1 Å². The van der Waals surface area contributed by atoms with Crippen LogP contribution in [0, 0.1) is 17.6 Å².